The van der Waals surface area contributed by atoms with Gasteiger partial charge in [0.1, 0.15) is 6.04 Å². The van der Waals surface area contributed by atoms with Gasteiger partial charge >= 0.3 is 5.97 Å². The Bertz CT molecular complexity index is 642. The van der Waals surface area contributed by atoms with Crippen molar-refractivity contribution in [1.29, 1.82) is 0 Å². The number of nitrogens with zero attached hydrogens (tertiary/aromatic N) is 3. The van der Waals surface area contributed by atoms with Crippen LogP contribution < -0.4 is 5.73 Å². The van der Waals surface area contributed by atoms with Crippen molar-refractivity contribution >= 4 is 5.97 Å². The van der Waals surface area contributed by atoms with Crippen molar-refractivity contribution in [3.05, 3.63) is 82.2 Å². The molecule has 0 heterocycles. The zero-order valence-electron chi connectivity index (χ0n) is 14.5. The fourth-order valence-electron chi connectivity index (χ4n) is 2.22. The zero-order chi connectivity index (χ0) is 18.7. The third kappa shape index (κ3) is 7.52. The minimum absolute atomic E-state index is 0.0163. The summed E-state index contributed by atoms with van der Waals surface area (Å²) in [6, 6.07) is 19.3. The largest absolute Gasteiger partial charge is 0.481 e. The topological polar surface area (TPSA) is 112 Å². The van der Waals surface area contributed by atoms with Crippen LogP contribution in [0.3, 0.4) is 0 Å². The molecule has 1 atom stereocenters. The maximum Gasteiger partial charge on any atom is 0.312 e. The first-order valence-electron chi connectivity index (χ1n) is 8.08. The molecule has 0 fully saturated rings. The van der Waals surface area contributed by atoms with Gasteiger partial charge in [-0.25, -0.2) is 0 Å². The number of hydrogen-bond acceptors (Lipinski definition) is 3. The highest BCUT2D eigenvalue weighted by Crippen LogP contribution is 2.18. The van der Waals surface area contributed by atoms with E-state index in [2.05, 4.69) is 34.3 Å². The van der Waals surface area contributed by atoms with Crippen LogP contribution in [0.4, 0.5) is 0 Å². The van der Waals surface area contributed by atoms with Gasteiger partial charge in [0, 0.05) is 4.91 Å². The predicted octanol–water partition coefficient (Wildman–Crippen LogP) is 4.53. The molecule has 0 aliphatic heterocycles. The van der Waals surface area contributed by atoms with Gasteiger partial charge in [-0.05, 0) is 29.0 Å². The molecule has 25 heavy (non-hydrogen) atoms. The molecule has 0 amide bonds. The molecule has 0 unspecified atom stereocenters. The number of azide groups is 1. The van der Waals surface area contributed by atoms with Gasteiger partial charge in [0.05, 0.1) is 6.04 Å². The summed E-state index contributed by atoms with van der Waals surface area (Å²) in [6.45, 7) is 3.76. The number of nitrogens with two attached hydrogens (primary N) is 1. The van der Waals surface area contributed by atoms with Crippen molar-refractivity contribution in [1.82, 2.24) is 0 Å². The Morgan fingerprint density at radius 3 is 1.84 bits per heavy atom. The van der Waals surface area contributed by atoms with Gasteiger partial charge in [-0.2, -0.15) is 0 Å². The molecular weight excluding hydrogens is 316 g/mol. The minimum atomic E-state index is -1.06. The van der Waals surface area contributed by atoms with Gasteiger partial charge < -0.3 is 10.8 Å². The van der Waals surface area contributed by atoms with E-state index < -0.39 is 12.0 Å². The van der Waals surface area contributed by atoms with Gasteiger partial charge in [-0.3, -0.25) is 4.79 Å². The lowest BCUT2D eigenvalue weighted by atomic mass is 10.00. The fourth-order valence-corrected chi connectivity index (χ4v) is 2.22. The van der Waals surface area contributed by atoms with Crippen molar-refractivity contribution in [3.8, 4) is 0 Å². The molecular formula is C19H24N4O2. The van der Waals surface area contributed by atoms with E-state index in [1.807, 2.05) is 50.2 Å². The molecule has 2 rings (SSSR count). The van der Waals surface area contributed by atoms with Crippen molar-refractivity contribution in [3.63, 3.8) is 0 Å². The highest BCUT2D eigenvalue weighted by molar-refractivity contribution is 5.73. The predicted molar refractivity (Wildman–Crippen MR) is 98.9 cm³/mol. The monoisotopic (exact) mass is 340 g/mol. The minimum Gasteiger partial charge on any atom is -0.481 e. The van der Waals surface area contributed by atoms with Crippen molar-refractivity contribution < 1.29 is 9.90 Å². The second kappa shape index (κ2) is 10.9. The Labute approximate surface area is 147 Å². The van der Waals surface area contributed by atoms with E-state index in [9.17, 15) is 4.79 Å². The molecule has 0 saturated heterocycles. The van der Waals surface area contributed by atoms with Crippen LogP contribution in [0, 0.1) is 5.92 Å². The Morgan fingerprint density at radius 2 is 1.52 bits per heavy atom. The van der Waals surface area contributed by atoms with E-state index in [1.54, 1.807) is 0 Å². The van der Waals surface area contributed by atoms with Crippen LogP contribution in [0.1, 0.15) is 37.4 Å². The lowest BCUT2D eigenvalue weighted by molar-refractivity contribution is -0.138. The molecule has 0 bridgehead atoms. The average Bonchev–Trinajstić information content (AvgIpc) is 2.62. The maximum absolute atomic E-state index is 10.4. The Hall–Kier alpha value is -2.82. The molecule has 2 aromatic carbocycles. The summed E-state index contributed by atoms with van der Waals surface area (Å²) in [4.78, 5) is 12.8. The molecule has 6 nitrogen and oxygen atoms in total. The summed E-state index contributed by atoms with van der Waals surface area (Å²) < 4.78 is 0. The van der Waals surface area contributed by atoms with E-state index in [0.717, 1.165) is 11.1 Å². The highest BCUT2D eigenvalue weighted by Gasteiger charge is 2.16. The Kier molecular flexibility index (Phi) is 8.79. The van der Waals surface area contributed by atoms with Gasteiger partial charge in [-0.1, -0.05) is 79.6 Å². The van der Waals surface area contributed by atoms with E-state index in [-0.39, 0.29) is 12.0 Å². The molecule has 0 spiro atoms. The number of rotatable bonds is 6. The normalized spacial score (nSPS) is 11.2. The summed E-state index contributed by atoms with van der Waals surface area (Å²) in [7, 11) is 0. The highest BCUT2D eigenvalue weighted by atomic mass is 16.4. The van der Waals surface area contributed by atoms with E-state index >= 15 is 0 Å². The Morgan fingerprint density at radius 1 is 1.08 bits per heavy atom. The third-order valence-corrected chi connectivity index (χ3v) is 3.49. The first-order valence-corrected chi connectivity index (χ1v) is 8.08. The summed E-state index contributed by atoms with van der Waals surface area (Å²) in [5, 5.41) is 11.6. The summed E-state index contributed by atoms with van der Waals surface area (Å²) in [5.74, 6) is -0.835. The lowest BCUT2D eigenvalue weighted by Gasteiger charge is -2.11. The fraction of sp³-hybridized carbons (Fsp3) is 0.316. The van der Waals surface area contributed by atoms with Gasteiger partial charge in [0.15, 0.2) is 0 Å². The molecule has 0 aliphatic carbocycles. The van der Waals surface area contributed by atoms with Gasteiger partial charge in [-0.15, -0.1) is 0 Å². The molecule has 0 saturated carbocycles. The van der Waals surface area contributed by atoms with Crippen molar-refractivity contribution in [2.45, 2.75) is 32.4 Å². The first kappa shape index (κ1) is 20.2. The number of benzene rings is 2. The van der Waals surface area contributed by atoms with Crippen LogP contribution >= 0.6 is 0 Å². The standard InChI is InChI=1S/C13H13N.C6H11N3O2/c14-13(11-7-3-1-4-8-11)12-9-5-2-6-10-12;1-4(2)3-5(6(10)11)8-9-7/h1-10,13H,14H2;4-5H,3H2,1-2H3,(H,10,11)/t;5-/m.0/s1. The summed E-state index contributed by atoms with van der Waals surface area (Å²) in [5.41, 5.74) is 16.4. The molecule has 6 heteroatoms. The van der Waals surface area contributed by atoms with E-state index in [0.29, 0.717) is 6.42 Å². The molecule has 0 aliphatic rings. The summed E-state index contributed by atoms with van der Waals surface area (Å²) >= 11 is 0. The number of aliphatic carboxylic acids is 1. The number of carboxylic acid groups (broad SMARTS) is 1. The average molecular weight is 340 g/mol. The summed E-state index contributed by atoms with van der Waals surface area (Å²) in [6.07, 6.45) is 0.388. The number of hydrogen-bond donors (Lipinski definition) is 2. The Balaban J connectivity index is 0.000000260. The molecule has 0 aromatic heterocycles. The van der Waals surface area contributed by atoms with Crippen molar-refractivity contribution in [2.24, 2.45) is 16.8 Å². The zero-order valence-corrected chi connectivity index (χ0v) is 14.5. The van der Waals surface area contributed by atoms with Crippen molar-refractivity contribution in [2.75, 3.05) is 0 Å². The molecule has 2 aromatic rings. The van der Waals surface area contributed by atoms with Crippen LogP contribution in [0.15, 0.2) is 65.8 Å². The SMILES string of the molecule is CC(C)C[C@H](N=[N+]=[N-])C(=O)O.NC(c1ccccc1)c1ccccc1. The van der Waals surface area contributed by atoms with Crippen LogP contribution in [0.25, 0.3) is 10.4 Å². The maximum atomic E-state index is 10.4. The third-order valence-electron chi connectivity index (χ3n) is 3.49. The molecule has 132 valence electrons. The molecule has 0 radical (unpaired) electrons. The van der Waals surface area contributed by atoms with Crippen LogP contribution in [0.5, 0.6) is 0 Å². The van der Waals surface area contributed by atoms with E-state index in [1.165, 1.54) is 0 Å². The number of carboxylic acids is 1. The second-order valence-electron chi connectivity index (χ2n) is 5.99. The quantitative estimate of drug-likeness (QED) is 0.457. The van der Waals surface area contributed by atoms with Crippen LogP contribution in [-0.2, 0) is 4.79 Å². The van der Waals surface area contributed by atoms with Gasteiger partial charge in [0.2, 0.25) is 0 Å². The molecule has 3 N–H and O–H groups in total. The van der Waals surface area contributed by atoms with E-state index in [4.69, 9.17) is 16.4 Å². The van der Waals surface area contributed by atoms with Crippen LogP contribution in [0.2, 0.25) is 0 Å². The first-order chi connectivity index (χ1) is 12.0. The van der Waals surface area contributed by atoms with Crippen LogP contribution in [-0.4, -0.2) is 17.1 Å². The lowest BCUT2D eigenvalue weighted by Crippen LogP contribution is -2.18. The smallest absolute Gasteiger partial charge is 0.312 e. The number of carbonyl (C=O) groups is 1. The van der Waals surface area contributed by atoms with Gasteiger partial charge in [0.25, 0.3) is 0 Å². The second-order valence-corrected chi connectivity index (χ2v) is 5.99.